The molecule has 390 valence electrons. The van der Waals surface area contributed by atoms with Gasteiger partial charge in [0, 0.05) is 10.3 Å². The third kappa shape index (κ3) is 2.48. The molecule has 0 N–H and O–H groups in total. The molecule has 1 aliphatic heterocycles. The second-order valence-electron chi connectivity index (χ2n) is 34.5. The van der Waals surface area contributed by atoms with E-state index in [9.17, 15) is 0 Å². The molecular weight excluding hydrogens is 1020 g/mol. The van der Waals surface area contributed by atoms with Crippen molar-refractivity contribution in [2.75, 3.05) is 0 Å². The highest BCUT2D eigenvalue weighted by Gasteiger charge is 2.90. The highest BCUT2D eigenvalue weighted by atomic mass is 32.2. The molecule has 1 fully saturated rings. The predicted molar refractivity (Wildman–Crippen MR) is 331 cm³/mol. The number of unbranched alkanes of at least 4 members (excludes halogenated alkanes) is 2. The minimum absolute atomic E-state index is 0.00379. The third-order valence-corrected chi connectivity index (χ3v) is 36.2. The Labute approximate surface area is 483 Å². The summed E-state index contributed by atoms with van der Waals surface area (Å²) in [5.41, 5.74) is 50.8. The zero-order valence-electron chi connectivity index (χ0n) is 47.3. The Bertz CT molecular complexity index is 5800. The molecule has 11 aromatic carbocycles. The second-order valence-corrected chi connectivity index (χ2v) is 35.8. The van der Waals surface area contributed by atoms with E-state index in [1.807, 2.05) is 169 Å². The maximum absolute atomic E-state index is 3.03. The van der Waals surface area contributed by atoms with Gasteiger partial charge in [-0.05, 0) is 374 Å². The fourth-order valence-electron chi connectivity index (χ4n) is 34.9. The van der Waals surface area contributed by atoms with Crippen LogP contribution in [0.1, 0.15) is 314 Å². The molecule has 0 nitrogen and oxygen atoms in total. The summed E-state index contributed by atoms with van der Waals surface area (Å²) in [5.74, 6) is 14.8. The molecule has 0 saturated heterocycles. The van der Waals surface area contributed by atoms with Gasteiger partial charge in [0.25, 0.3) is 0 Å². The Hall–Kier alpha value is -5.37. The maximum Gasteiger partial charge on any atom is 0.0645 e. The van der Waals surface area contributed by atoms with Gasteiger partial charge in [0.2, 0.25) is 0 Å². The molecule has 24 unspecified atom stereocenters. The lowest BCUT2D eigenvalue weighted by Crippen LogP contribution is -2.62. The monoisotopic (exact) mass is 1070 g/mol. The Morgan fingerprint density at radius 3 is 1.12 bits per heavy atom. The van der Waals surface area contributed by atoms with Crippen LogP contribution in [-0.2, 0) is 23.0 Å². The third-order valence-electron chi connectivity index (χ3n) is 34.5. The zero-order valence-corrected chi connectivity index (χ0v) is 48.2. The Kier molecular flexibility index (Phi) is 4.47. The van der Waals surface area contributed by atoms with E-state index >= 15 is 0 Å². The molecule has 83 heavy (non-hydrogen) atoms. The number of benzene rings is 10. The molecule has 23 aliphatic rings. The van der Waals surface area contributed by atoms with Crippen molar-refractivity contribution in [3.63, 3.8) is 0 Å². The van der Waals surface area contributed by atoms with Crippen LogP contribution >= 0.6 is 11.8 Å². The molecule has 24 atom stereocenters. The van der Waals surface area contributed by atoms with E-state index in [1.165, 1.54) is 64.2 Å². The Morgan fingerprint density at radius 2 is 0.675 bits per heavy atom. The van der Waals surface area contributed by atoms with Crippen molar-refractivity contribution in [2.45, 2.75) is 213 Å². The van der Waals surface area contributed by atoms with E-state index in [-0.39, 0.29) is 10.2 Å². The summed E-state index contributed by atoms with van der Waals surface area (Å²) in [6, 6.07) is 6.06. The van der Waals surface area contributed by atoms with Crippen LogP contribution in [0.2, 0.25) is 0 Å². The molecule has 1 heteroatoms. The number of thioether (sulfide) groups is 1. The van der Waals surface area contributed by atoms with Crippen molar-refractivity contribution < 1.29 is 0 Å². The van der Waals surface area contributed by atoms with Crippen molar-refractivity contribution in [3.8, 4) is 11.1 Å². The van der Waals surface area contributed by atoms with Crippen LogP contribution in [0.15, 0.2) is 17.0 Å². The van der Waals surface area contributed by atoms with Gasteiger partial charge in [0.05, 0.1) is 4.75 Å². The highest BCUT2D eigenvalue weighted by Crippen LogP contribution is 3.01. The van der Waals surface area contributed by atoms with Crippen LogP contribution in [-0.4, -0.2) is 0 Å². The van der Waals surface area contributed by atoms with E-state index in [0.717, 1.165) is 11.8 Å². The lowest BCUT2D eigenvalue weighted by atomic mass is 9.39. The topological polar surface area (TPSA) is 0 Å². The summed E-state index contributed by atoms with van der Waals surface area (Å²) >= 11 is 2.69. The van der Waals surface area contributed by atoms with Gasteiger partial charge in [0.1, 0.15) is 0 Å². The van der Waals surface area contributed by atoms with Crippen LogP contribution in [0.5, 0.6) is 0 Å². The molecular formula is C82H56S. The molecule has 0 amide bonds. The SMILES string of the molecule is CCCCC(CC)Cc1cc(CC(CC)CCCC)c2c(c1)SC13c4c5c6c7c8c9c%10c%11c%12c%13c%14c%15c(c%16c%13c%10c7c4-%16)C21C1C%15C2c4c7c%10c%13c%15c%16c%17c%18c%19c%20c%21c%22c%23c(c4c4c%22c%19c%16c%104)C2C%14C%12C%23C%21C%11C9C%20C%18C8C6C%17C%15C5C3C%13C71. The van der Waals surface area contributed by atoms with Crippen molar-refractivity contribution in [1.29, 1.82) is 0 Å². The van der Waals surface area contributed by atoms with Crippen molar-refractivity contribution in [2.24, 2.45) is 23.7 Å². The first kappa shape index (κ1) is 37.9. The van der Waals surface area contributed by atoms with Gasteiger partial charge in [-0.2, -0.15) is 0 Å². The lowest BCUT2D eigenvalue weighted by Gasteiger charge is -2.65. The van der Waals surface area contributed by atoms with Gasteiger partial charge < -0.3 is 0 Å². The van der Waals surface area contributed by atoms with Gasteiger partial charge in [0.15, 0.2) is 0 Å². The molecule has 11 aromatic rings. The standard InChI is InChI=1S/C82H56S/c1-5-9-11-17(7-3)13-19-15-20(14-18(8-4)12-10-6-2)76-21(16-19)83-82-79-72-66-56-44-36-28-24-22-23-26-30(28)38(44)48-42-34(26)35-27(23)31-29-25(22)33-32(24)40-46(36)54-60-50(40)51-41(33)47-37(29)45-39(31)49-43(35)53-52(42)64(58(48)66)74(79)75-65(53)59(49)67-57(45)63-55(47)61(51)69-68(60)77(70(72)62(54)56)81(76,82)78(69)71(63)73(67)80(75)82/h15-18,24,26,28,30,32,34,40,42,50-53,61,65,69,71,73,75,78,80H,5-14H2,1-4H3. The number of hydrogen-bond donors (Lipinski definition) is 0. The fourth-order valence-corrected chi connectivity index (χ4v) is 37.1. The van der Waals surface area contributed by atoms with E-state index in [4.69, 9.17) is 0 Å². The highest BCUT2D eigenvalue weighted by molar-refractivity contribution is 8.00. The molecule has 0 aromatic heterocycles. The van der Waals surface area contributed by atoms with Crippen LogP contribution in [0.4, 0.5) is 0 Å². The summed E-state index contributed by atoms with van der Waals surface area (Å²) in [6.07, 6.45) is 13.4. The predicted octanol–water partition coefficient (Wildman–Crippen LogP) is 20.0. The first-order valence-corrected chi connectivity index (χ1v) is 36.1. The van der Waals surface area contributed by atoms with Crippen LogP contribution < -0.4 is 0 Å². The zero-order chi connectivity index (χ0) is 51.1. The molecule has 0 radical (unpaired) electrons. The van der Waals surface area contributed by atoms with E-state index in [2.05, 4.69) is 107 Å². The summed E-state index contributed by atoms with van der Waals surface area (Å²) in [7, 11) is 0. The number of fused-ring (bicyclic) bond motifs is 1. The number of hydrogen-bond acceptors (Lipinski definition) is 1. The van der Waals surface area contributed by atoms with Crippen molar-refractivity contribution in [3.05, 3.63) is 140 Å². The van der Waals surface area contributed by atoms with Crippen molar-refractivity contribution >= 4 is 97.9 Å². The van der Waals surface area contributed by atoms with Gasteiger partial charge in [-0.1, -0.05) is 85.1 Å². The Morgan fingerprint density at radius 1 is 0.337 bits per heavy atom. The summed E-state index contributed by atoms with van der Waals surface area (Å²) in [4.78, 5) is 1.84. The van der Waals surface area contributed by atoms with Crippen molar-refractivity contribution in [1.82, 2.24) is 0 Å². The first-order valence-electron chi connectivity index (χ1n) is 35.2. The van der Waals surface area contributed by atoms with Gasteiger partial charge >= 0.3 is 0 Å². The largest absolute Gasteiger partial charge is 0.112 e. The fraction of sp³-hybridized carbons (Fsp3) is 0.463. The smallest absolute Gasteiger partial charge is 0.0645 e. The summed E-state index contributed by atoms with van der Waals surface area (Å²) in [6.45, 7) is 10.1. The normalized spacial score (nSPS) is 43.1. The minimum Gasteiger partial charge on any atom is -0.112 e. The van der Waals surface area contributed by atoms with Crippen LogP contribution in [0.3, 0.4) is 0 Å². The summed E-state index contributed by atoms with van der Waals surface area (Å²) in [5, 5.41) is 31.1. The van der Waals surface area contributed by atoms with Crippen LogP contribution in [0.25, 0.3) is 97.3 Å². The minimum atomic E-state index is 0.00379. The quantitative estimate of drug-likeness (QED) is 0.110. The second kappa shape index (κ2) is 9.79. The van der Waals surface area contributed by atoms with E-state index < -0.39 is 0 Å². The molecule has 1 saturated carbocycles. The maximum atomic E-state index is 3.03. The lowest BCUT2D eigenvalue weighted by molar-refractivity contribution is 0.0337. The van der Waals surface area contributed by atoms with Gasteiger partial charge in [-0.15, -0.1) is 11.8 Å². The molecule has 2 spiro atoms. The molecule has 34 rings (SSSR count). The molecule has 22 aliphatic carbocycles. The molecule has 1 heterocycles. The van der Waals surface area contributed by atoms with Gasteiger partial charge in [-0.25, -0.2) is 0 Å². The number of rotatable bonds is 12. The van der Waals surface area contributed by atoms with Gasteiger partial charge in [-0.3, -0.25) is 0 Å². The van der Waals surface area contributed by atoms with E-state index in [0.29, 0.717) is 118 Å². The average molecular weight is 1070 g/mol. The molecule has 0 bridgehead atoms. The Balaban J connectivity index is 0.881. The summed E-state index contributed by atoms with van der Waals surface area (Å²) < 4.78 is 0.0355. The average Bonchev–Trinajstić information content (AvgIpc) is 1.39. The van der Waals surface area contributed by atoms with E-state index in [1.54, 1.807) is 5.56 Å². The van der Waals surface area contributed by atoms with Crippen LogP contribution in [0, 0.1) is 23.7 Å². The first-order chi connectivity index (χ1) is 41.2.